The van der Waals surface area contributed by atoms with Crippen molar-refractivity contribution in [3.8, 4) is 0 Å². The topological polar surface area (TPSA) is 68.9 Å². The van der Waals surface area contributed by atoms with Gasteiger partial charge in [0.25, 0.3) is 5.91 Å². The van der Waals surface area contributed by atoms with E-state index in [1.807, 2.05) is 24.3 Å². The van der Waals surface area contributed by atoms with Crippen LogP contribution >= 0.6 is 0 Å². The number of rotatable bonds is 3. The summed E-state index contributed by atoms with van der Waals surface area (Å²) in [5.74, 6) is -0.512. The zero-order valence-electron chi connectivity index (χ0n) is 9.10. The first kappa shape index (κ1) is 10.5. The lowest BCUT2D eigenvalue weighted by Crippen LogP contribution is -2.17. The summed E-state index contributed by atoms with van der Waals surface area (Å²) in [6, 6.07) is 7.65. The Bertz CT molecular complexity index is 537. The molecule has 2 rings (SSSR count). The first-order valence-corrected chi connectivity index (χ1v) is 5.28. The van der Waals surface area contributed by atoms with E-state index in [1.54, 1.807) is 0 Å². The zero-order chi connectivity index (χ0) is 11.5. The van der Waals surface area contributed by atoms with Crippen molar-refractivity contribution in [2.75, 3.05) is 0 Å². The molecule has 0 bridgehead atoms. The summed E-state index contributed by atoms with van der Waals surface area (Å²) in [6.45, 7) is 2.06. The second kappa shape index (κ2) is 4.26. The van der Waals surface area contributed by atoms with Crippen molar-refractivity contribution in [3.63, 3.8) is 0 Å². The highest BCUT2D eigenvalue weighted by atomic mass is 16.1. The summed E-state index contributed by atoms with van der Waals surface area (Å²) in [5.41, 5.74) is 7.29. The van der Waals surface area contributed by atoms with Crippen molar-refractivity contribution in [3.05, 3.63) is 35.5 Å². The molecule has 4 nitrogen and oxygen atoms in total. The predicted octanol–water partition coefficient (Wildman–Crippen LogP) is 1.68. The molecule has 0 spiro atoms. The molecule has 0 fully saturated rings. The summed E-state index contributed by atoms with van der Waals surface area (Å²) in [5, 5.41) is 8.86. The van der Waals surface area contributed by atoms with Gasteiger partial charge in [0.1, 0.15) is 0 Å². The van der Waals surface area contributed by atoms with Crippen molar-refractivity contribution >= 4 is 16.8 Å². The van der Waals surface area contributed by atoms with Gasteiger partial charge in [0, 0.05) is 5.39 Å². The first-order valence-electron chi connectivity index (χ1n) is 5.28. The van der Waals surface area contributed by atoms with E-state index in [-0.39, 0.29) is 0 Å². The summed E-state index contributed by atoms with van der Waals surface area (Å²) in [6.07, 6.45) is 1.73. The predicted molar refractivity (Wildman–Crippen MR) is 62.1 cm³/mol. The third-order valence-corrected chi connectivity index (χ3v) is 2.51. The number of carbonyl (C=O) groups excluding carboxylic acids is 1. The highest BCUT2D eigenvalue weighted by molar-refractivity contribution is 5.97. The van der Waals surface area contributed by atoms with Crippen LogP contribution in [0.1, 0.15) is 29.4 Å². The molecule has 1 aromatic heterocycles. The molecule has 1 amide bonds. The molecule has 82 valence electrons. The van der Waals surface area contributed by atoms with Crippen LogP contribution in [0.25, 0.3) is 10.9 Å². The molecular formula is C12H13N3O. The Morgan fingerprint density at radius 3 is 2.75 bits per heavy atom. The zero-order valence-corrected chi connectivity index (χ0v) is 9.10. The fraction of sp³-hybridized carbons (Fsp3) is 0.250. The Balaban J connectivity index is 2.73. The van der Waals surface area contributed by atoms with E-state index in [0.717, 1.165) is 29.3 Å². The Kier molecular flexibility index (Phi) is 2.81. The number of aromatic nitrogens is 2. The summed E-state index contributed by atoms with van der Waals surface area (Å²) < 4.78 is 0. The second-order valence-corrected chi connectivity index (χ2v) is 3.66. The number of primary amides is 1. The van der Waals surface area contributed by atoms with Gasteiger partial charge in [0.05, 0.1) is 5.52 Å². The first-order chi connectivity index (χ1) is 7.74. The van der Waals surface area contributed by atoms with E-state index in [9.17, 15) is 4.79 Å². The lowest BCUT2D eigenvalue weighted by atomic mass is 10.0. The molecule has 0 aliphatic rings. The Morgan fingerprint density at radius 2 is 2.06 bits per heavy atom. The third-order valence-electron chi connectivity index (χ3n) is 2.51. The maximum absolute atomic E-state index is 11.3. The van der Waals surface area contributed by atoms with Gasteiger partial charge in [0.15, 0.2) is 5.69 Å². The smallest absolute Gasteiger partial charge is 0.269 e. The van der Waals surface area contributed by atoms with Gasteiger partial charge < -0.3 is 5.73 Å². The van der Waals surface area contributed by atoms with E-state index in [4.69, 9.17) is 5.73 Å². The minimum absolute atomic E-state index is 0.292. The minimum atomic E-state index is -0.512. The molecule has 0 aliphatic heterocycles. The molecule has 16 heavy (non-hydrogen) atoms. The molecule has 4 heteroatoms. The van der Waals surface area contributed by atoms with Gasteiger partial charge in [0.2, 0.25) is 0 Å². The van der Waals surface area contributed by atoms with Crippen LogP contribution in [0.4, 0.5) is 0 Å². The Hall–Kier alpha value is -1.97. The van der Waals surface area contributed by atoms with Crippen molar-refractivity contribution in [1.82, 2.24) is 10.2 Å². The minimum Gasteiger partial charge on any atom is -0.364 e. The average molecular weight is 215 g/mol. The fourth-order valence-corrected chi connectivity index (χ4v) is 1.81. The number of hydrogen-bond acceptors (Lipinski definition) is 3. The number of aryl methyl sites for hydroxylation is 1. The standard InChI is InChI=1S/C12H13N3O/c1-2-5-9-8-6-3-4-7-10(8)14-15-11(9)12(13)16/h3-4,6-7H,2,5H2,1H3,(H2,13,16). The Labute approximate surface area is 93.5 Å². The molecule has 1 heterocycles. The van der Waals surface area contributed by atoms with Crippen LogP contribution in [-0.4, -0.2) is 16.1 Å². The maximum atomic E-state index is 11.3. The lowest BCUT2D eigenvalue weighted by molar-refractivity contribution is 0.0994. The van der Waals surface area contributed by atoms with E-state index >= 15 is 0 Å². The van der Waals surface area contributed by atoms with Crippen LogP contribution in [0.5, 0.6) is 0 Å². The number of amides is 1. The quantitative estimate of drug-likeness (QED) is 0.846. The van der Waals surface area contributed by atoms with Crippen LogP contribution < -0.4 is 5.73 Å². The highest BCUT2D eigenvalue weighted by Gasteiger charge is 2.13. The molecule has 2 N–H and O–H groups in total. The molecular weight excluding hydrogens is 202 g/mol. The number of nitrogens with zero attached hydrogens (tertiary/aromatic N) is 2. The van der Waals surface area contributed by atoms with Crippen molar-refractivity contribution in [1.29, 1.82) is 0 Å². The molecule has 1 aromatic carbocycles. The van der Waals surface area contributed by atoms with E-state index in [2.05, 4.69) is 17.1 Å². The van der Waals surface area contributed by atoms with Gasteiger partial charge in [-0.25, -0.2) is 0 Å². The van der Waals surface area contributed by atoms with Gasteiger partial charge in [-0.3, -0.25) is 4.79 Å². The van der Waals surface area contributed by atoms with Gasteiger partial charge in [-0.2, -0.15) is 0 Å². The molecule has 2 aromatic rings. The SMILES string of the molecule is CCCc1c(C(N)=O)nnc2ccccc12. The number of carbonyl (C=O) groups is 1. The second-order valence-electron chi connectivity index (χ2n) is 3.66. The van der Waals surface area contributed by atoms with Crippen LogP contribution in [0.3, 0.4) is 0 Å². The van der Waals surface area contributed by atoms with Crippen LogP contribution in [0.15, 0.2) is 24.3 Å². The lowest BCUT2D eigenvalue weighted by Gasteiger charge is -2.07. The normalized spacial score (nSPS) is 10.6. The fourth-order valence-electron chi connectivity index (χ4n) is 1.81. The van der Waals surface area contributed by atoms with Gasteiger partial charge in [-0.05, 0) is 18.1 Å². The molecule has 0 saturated carbocycles. The Morgan fingerprint density at radius 1 is 1.31 bits per heavy atom. The number of nitrogens with two attached hydrogens (primary N) is 1. The van der Waals surface area contributed by atoms with Crippen LogP contribution in [0.2, 0.25) is 0 Å². The summed E-state index contributed by atoms with van der Waals surface area (Å²) in [4.78, 5) is 11.3. The van der Waals surface area contributed by atoms with Crippen molar-refractivity contribution in [2.45, 2.75) is 19.8 Å². The van der Waals surface area contributed by atoms with Crippen LogP contribution in [0, 0.1) is 0 Å². The van der Waals surface area contributed by atoms with Crippen molar-refractivity contribution < 1.29 is 4.79 Å². The van der Waals surface area contributed by atoms with Gasteiger partial charge >= 0.3 is 0 Å². The molecule has 0 unspecified atom stereocenters. The summed E-state index contributed by atoms with van der Waals surface area (Å²) >= 11 is 0. The molecule has 0 radical (unpaired) electrons. The van der Waals surface area contributed by atoms with Gasteiger partial charge in [-0.15, -0.1) is 10.2 Å². The summed E-state index contributed by atoms with van der Waals surface area (Å²) in [7, 11) is 0. The largest absolute Gasteiger partial charge is 0.364 e. The maximum Gasteiger partial charge on any atom is 0.269 e. The average Bonchev–Trinajstić information content (AvgIpc) is 2.29. The monoisotopic (exact) mass is 215 g/mol. The van der Waals surface area contributed by atoms with E-state index in [0.29, 0.717) is 5.69 Å². The van der Waals surface area contributed by atoms with Crippen molar-refractivity contribution in [2.24, 2.45) is 5.73 Å². The number of benzene rings is 1. The van der Waals surface area contributed by atoms with E-state index in [1.165, 1.54) is 0 Å². The van der Waals surface area contributed by atoms with E-state index < -0.39 is 5.91 Å². The van der Waals surface area contributed by atoms with Gasteiger partial charge in [-0.1, -0.05) is 31.5 Å². The number of hydrogen-bond donors (Lipinski definition) is 1. The highest BCUT2D eigenvalue weighted by Crippen LogP contribution is 2.19. The number of fused-ring (bicyclic) bond motifs is 1. The molecule has 0 atom stereocenters. The molecule has 0 aliphatic carbocycles. The van der Waals surface area contributed by atoms with Crippen LogP contribution in [-0.2, 0) is 6.42 Å². The molecule has 0 saturated heterocycles. The third kappa shape index (κ3) is 1.74.